The van der Waals surface area contributed by atoms with E-state index in [1.807, 2.05) is 29.2 Å². The molecule has 0 fully saturated rings. The Morgan fingerprint density at radius 1 is 1.30 bits per heavy atom. The Labute approximate surface area is 138 Å². The standard InChI is InChI=1S/C14H12Br2N2OS/c15-10-7-12(20-13(10)16)14(19)18-6-5-17-8-9-3-1-2-4-11(9)18/h1-4,7,17H,5-6,8H2. The van der Waals surface area contributed by atoms with E-state index in [-0.39, 0.29) is 5.91 Å². The first kappa shape index (κ1) is 14.3. The Morgan fingerprint density at radius 3 is 2.85 bits per heavy atom. The zero-order valence-electron chi connectivity index (χ0n) is 10.5. The highest BCUT2D eigenvalue weighted by Gasteiger charge is 2.23. The van der Waals surface area contributed by atoms with Gasteiger partial charge in [-0.3, -0.25) is 4.79 Å². The molecule has 6 heteroatoms. The van der Waals surface area contributed by atoms with Crippen LogP contribution in [-0.4, -0.2) is 19.0 Å². The van der Waals surface area contributed by atoms with Crippen LogP contribution < -0.4 is 10.2 Å². The average Bonchev–Trinajstić information content (AvgIpc) is 2.68. The maximum atomic E-state index is 12.7. The number of carbonyl (C=O) groups is 1. The van der Waals surface area contributed by atoms with Gasteiger partial charge in [-0.05, 0) is 49.6 Å². The van der Waals surface area contributed by atoms with Crippen molar-refractivity contribution in [3.8, 4) is 0 Å². The van der Waals surface area contributed by atoms with Gasteiger partial charge in [-0.1, -0.05) is 18.2 Å². The van der Waals surface area contributed by atoms with Gasteiger partial charge in [-0.2, -0.15) is 0 Å². The van der Waals surface area contributed by atoms with Crippen molar-refractivity contribution in [1.29, 1.82) is 0 Å². The van der Waals surface area contributed by atoms with Crippen LogP contribution in [0.3, 0.4) is 0 Å². The highest BCUT2D eigenvalue weighted by molar-refractivity contribution is 9.13. The van der Waals surface area contributed by atoms with E-state index < -0.39 is 0 Å². The van der Waals surface area contributed by atoms with Gasteiger partial charge in [0.1, 0.15) is 0 Å². The van der Waals surface area contributed by atoms with Gasteiger partial charge in [0.25, 0.3) is 5.91 Å². The highest BCUT2D eigenvalue weighted by atomic mass is 79.9. The quantitative estimate of drug-likeness (QED) is 0.762. The molecule has 1 amide bonds. The molecule has 0 saturated carbocycles. The van der Waals surface area contributed by atoms with Gasteiger partial charge in [0.05, 0.1) is 8.66 Å². The van der Waals surface area contributed by atoms with E-state index in [2.05, 4.69) is 43.2 Å². The lowest BCUT2D eigenvalue weighted by molar-refractivity contribution is 0.0991. The average molecular weight is 416 g/mol. The number of benzene rings is 1. The fourth-order valence-corrected chi connectivity index (χ4v) is 4.24. The van der Waals surface area contributed by atoms with Crippen LogP contribution >= 0.6 is 43.2 Å². The van der Waals surface area contributed by atoms with Gasteiger partial charge in [0.15, 0.2) is 0 Å². The molecule has 2 heterocycles. The minimum atomic E-state index is 0.0533. The van der Waals surface area contributed by atoms with Crippen LogP contribution in [0.15, 0.2) is 38.6 Å². The molecule has 0 radical (unpaired) electrons. The summed E-state index contributed by atoms with van der Waals surface area (Å²) in [5.74, 6) is 0.0533. The van der Waals surface area contributed by atoms with Crippen LogP contribution in [0.1, 0.15) is 15.2 Å². The van der Waals surface area contributed by atoms with Crippen LogP contribution in [0, 0.1) is 0 Å². The number of para-hydroxylation sites is 1. The Bertz CT molecular complexity index is 637. The normalized spacial score (nSPS) is 14.8. The summed E-state index contributed by atoms with van der Waals surface area (Å²) in [5.41, 5.74) is 2.16. The largest absolute Gasteiger partial charge is 0.311 e. The molecular weight excluding hydrogens is 404 g/mol. The molecule has 104 valence electrons. The lowest BCUT2D eigenvalue weighted by Crippen LogP contribution is -2.34. The van der Waals surface area contributed by atoms with E-state index in [9.17, 15) is 4.79 Å². The molecule has 1 aliphatic rings. The van der Waals surface area contributed by atoms with Gasteiger partial charge in [-0.15, -0.1) is 11.3 Å². The number of hydrogen-bond acceptors (Lipinski definition) is 3. The second-order valence-electron chi connectivity index (χ2n) is 4.49. The van der Waals surface area contributed by atoms with E-state index in [1.54, 1.807) is 0 Å². The summed E-state index contributed by atoms with van der Waals surface area (Å²) in [7, 11) is 0. The summed E-state index contributed by atoms with van der Waals surface area (Å²) in [6, 6.07) is 9.93. The second-order valence-corrected chi connectivity index (χ2v) is 7.72. The summed E-state index contributed by atoms with van der Waals surface area (Å²) in [4.78, 5) is 15.3. The predicted octanol–water partition coefficient (Wildman–Crippen LogP) is 4.02. The fraction of sp³-hybridized carbons (Fsp3) is 0.214. The summed E-state index contributed by atoms with van der Waals surface area (Å²) in [6.07, 6.45) is 0. The predicted molar refractivity (Wildman–Crippen MR) is 89.5 cm³/mol. The number of halogens is 2. The SMILES string of the molecule is O=C(c1cc(Br)c(Br)s1)N1CCNCc2ccccc21. The van der Waals surface area contributed by atoms with Crippen molar-refractivity contribution >= 4 is 54.8 Å². The molecule has 2 aromatic rings. The van der Waals surface area contributed by atoms with Crippen LogP contribution in [0.2, 0.25) is 0 Å². The fourth-order valence-electron chi connectivity index (χ4n) is 2.25. The summed E-state index contributed by atoms with van der Waals surface area (Å²) < 4.78 is 1.87. The number of hydrogen-bond donors (Lipinski definition) is 1. The molecule has 1 aliphatic heterocycles. The molecule has 3 nitrogen and oxygen atoms in total. The third-order valence-electron chi connectivity index (χ3n) is 3.21. The topological polar surface area (TPSA) is 32.3 Å². The van der Waals surface area contributed by atoms with E-state index in [1.165, 1.54) is 11.3 Å². The summed E-state index contributed by atoms with van der Waals surface area (Å²) in [6.45, 7) is 2.29. The first-order valence-corrected chi connectivity index (χ1v) is 8.62. The Hall–Kier alpha value is -0.690. The van der Waals surface area contributed by atoms with Crippen molar-refractivity contribution in [3.05, 3.63) is 49.0 Å². The van der Waals surface area contributed by atoms with Crippen LogP contribution in [0.5, 0.6) is 0 Å². The first-order chi connectivity index (χ1) is 9.66. The molecule has 0 bridgehead atoms. The van der Waals surface area contributed by atoms with Crippen LogP contribution in [0.4, 0.5) is 5.69 Å². The Kier molecular flexibility index (Phi) is 4.26. The molecular formula is C14H12Br2N2OS. The molecule has 1 N–H and O–H groups in total. The van der Waals surface area contributed by atoms with Crippen molar-refractivity contribution in [2.45, 2.75) is 6.54 Å². The first-order valence-electron chi connectivity index (χ1n) is 6.22. The van der Waals surface area contributed by atoms with Gasteiger partial charge in [0.2, 0.25) is 0 Å². The molecule has 0 spiro atoms. The number of nitrogens with one attached hydrogen (secondary N) is 1. The number of amides is 1. The Morgan fingerprint density at radius 2 is 2.10 bits per heavy atom. The lowest BCUT2D eigenvalue weighted by atomic mass is 10.1. The number of nitrogens with zero attached hydrogens (tertiary/aromatic N) is 1. The molecule has 0 aliphatic carbocycles. The molecule has 1 aromatic heterocycles. The number of carbonyl (C=O) groups excluding carboxylic acids is 1. The minimum Gasteiger partial charge on any atom is -0.311 e. The third kappa shape index (κ3) is 2.70. The monoisotopic (exact) mass is 414 g/mol. The molecule has 1 aromatic carbocycles. The van der Waals surface area contributed by atoms with Crippen LogP contribution in [0.25, 0.3) is 0 Å². The van der Waals surface area contributed by atoms with Gasteiger partial charge < -0.3 is 10.2 Å². The van der Waals surface area contributed by atoms with E-state index in [4.69, 9.17) is 0 Å². The zero-order chi connectivity index (χ0) is 14.1. The van der Waals surface area contributed by atoms with Crippen molar-refractivity contribution < 1.29 is 4.79 Å². The van der Waals surface area contributed by atoms with Gasteiger partial charge in [0, 0.05) is 29.8 Å². The number of thiophene rings is 1. The zero-order valence-corrected chi connectivity index (χ0v) is 14.5. The molecule has 3 rings (SSSR count). The van der Waals surface area contributed by atoms with E-state index in [0.29, 0.717) is 6.54 Å². The lowest BCUT2D eigenvalue weighted by Gasteiger charge is -2.21. The van der Waals surface area contributed by atoms with Crippen molar-refractivity contribution in [2.24, 2.45) is 0 Å². The number of rotatable bonds is 1. The smallest absolute Gasteiger partial charge is 0.268 e. The van der Waals surface area contributed by atoms with E-state index in [0.717, 1.165) is 37.5 Å². The second kappa shape index (κ2) is 5.97. The van der Waals surface area contributed by atoms with E-state index >= 15 is 0 Å². The maximum absolute atomic E-state index is 12.7. The van der Waals surface area contributed by atoms with Crippen molar-refractivity contribution in [3.63, 3.8) is 0 Å². The van der Waals surface area contributed by atoms with Crippen LogP contribution in [-0.2, 0) is 6.54 Å². The summed E-state index contributed by atoms with van der Waals surface area (Å²) in [5, 5.41) is 3.35. The molecule has 0 saturated heterocycles. The molecule has 0 unspecified atom stereocenters. The number of fused-ring (bicyclic) bond motifs is 1. The molecule has 0 atom stereocenters. The minimum absolute atomic E-state index is 0.0533. The highest BCUT2D eigenvalue weighted by Crippen LogP contribution is 2.34. The summed E-state index contributed by atoms with van der Waals surface area (Å²) >= 11 is 8.34. The van der Waals surface area contributed by atoms with Crippen molar-refractivity contribution in [1.82, 2.24) is 5.32 Å². The number of anilines is 1. The molecule has 20 heavy (non-hydrogen) atoms. The Balaban J connectivity index is 1.99. The van der Waals surface area contributed by atoms with Gasteiger partial charge >= 0.3 is 0 Å². The van der Waals surface area contributed by atoms with Crippen molar-refractivity contribution in [2.75, 3.05) is 18.0 Å². The van der Waals surface area contributed by atoms with Gasteiger partial charge in [-0.25, -0.2) is 0 Å². The maximum Gasteiger partial charge on any atom is 0.268 e. The third-order valence-corrected chi connectivity index (χ3v) is 6.46.